The molecule has 0 unspecified atom stereocenters. The lowest BCUT2D eigenvalue weighted by atomic mass is 10.00. The van der Waals surface area contributed by atoms with Crippen LogP contribution in [0.1, 0.15) is 38.8 Å². The number of fused-ring (bicyclic) bond motifs is 1. The zero-order valence-corrected chi connectivity index (χ0v) is 11.9. The molecule has 2 aromatic rings. The molecule has 18 heavy (non-hydrogen) atoms. The first kappa shape index (κ1) is 16.1. The molecule has 0 bridgehead atoms. The van der Waals surface area contributed by atoms with Crippen molar-refractivity contribution in [1.82, 2.24) is 0 Å². The van der Waals surface area contributed by atoms with Crippen molar-refractivity contribution in [1.29, 1.82) is 0 Å². The lowest BCUT2D eigenvalue weighted by Crippen LogP contribution is -1.83. The van der Waals surface area contributed by atoms with Gasteiger partial charge in [-0.05, 0) is 36.1 Å². The van der Waals surface area contributed by atoms with Gasteiger partial charge in [0.15, 0.2) is 0 Å². The fourth-order valence-electron chi connectivity index (χ4n) is 1.75. The number of aromatic hydroxyl groups is 1. The highest BCUT2D eigenvalue weighted by Gasteiger charge is 2.03. The number of aryl methyl sites for hydroxylation is 1. The number of phenolic OH excluding ortho intramolecular Hbond substituents is 1. The maximum atomic E-state index is 9.42. The second kappa shape index (κ2) is 8.20. The molecule has 0 spiro atoms. The molecule has 0 atom stereocenters. The molecule has 0 saturated heterocycles. The van der Waals surface area contributed by atoms with Crippen molar-refractivity contribution >= 4 is 10.8 Å². The van der Waals surface area contributed by atoms with Crippen LogP contribution in [0, 0.1) is 19.3 Å². The Balaban J connectivity index is 0.000000659. The lowest BCUT2D eigenvalue weighted by Gasteiger charge is -2.05. The summed E-state index contributed by atoms with van der Waals surface area (Å²) in [5.41, 5.74) is 1.88. The highest BCUT2D eigenvalue weighted by molar-refractivity contribution is 5.92. The molecule has 1 N–H and O–H groups in total. The standard InChI is InChI=1S/C13H10O.2C2H6/c1-3-10-5-4-6-11-8-12(14)7-9(2)13(10)11;2*1-2/h1,4-8,14H,2H3;2*1-2H3. The minimum Gasteiger partial charge on any atom is -0.508 e. The van der Waals surface area contributed by atoms with Gasteiger partial charge in [0.25, 0.3) is 0 Å². The Labute approximate surface area is 110 Å². The van der Waals surface area contributed by atoms with Crippen molar-refractivity contribution < 1.29 is 5.11 Å². The minimum atomic E-state index is 0.282. The predicted octanol–water partition coefficient (Wildman–Crippen LogP) is 4.89. The van der Waals surface area contributed by atoms with Crippen LogP contribution in [-0.4, -0.2) is 5.11 Å². The average Bonchev–Trinajstić information content (AvgIpc) is 2.42. The van der Waals surface area contributed by atoms with Crippen molar-refractivity contribution in [3.8, 4) is 18.1 Å². The van der Waals surface area contributed by atoms with Crippen LogP contribution in [0.4, 0.5) is 0 Å². The summed E-state index contributed by atoms with van der Waals surface area (Å²) in [6.07, 6.45) is 5.41. The van der Waals surface area contributed by atoms with Crippen LogP contribution in [0.2, 0.25) is 0 Å². The van der Waals surface area contributed by atoms with Gasteiger partial charge in [-0.3, -0.25) is 0 Å². The third-order valence-corrected chi connectivity index (χ3v) is 2.31. The van der Waals surface area contributed by atoms with E-state index in [1.807, 2.05) is 52.8 Å². The Bertz CT molecular complexity index is 533. The first-order valence-electron chi connectivity index (χ1n) is 6.41. The normalized spacial score (nSPS) is 8.44. The van der Waals surface area contributed by atoms with Gasteiger partial charge in [-0.2, -0.15) is 0 Å². The Hall–Kier alpha value is -1.94. The van der Waals surface area contributed by atoms with Crippen LogP contribution >= 0.6 is 0 Å². The van der Waals surface area contributed by atoms with E-state index >= 15 is 0 Å². The minimum absolute atomic E-state index is 0.282. The molecular formula is C17H22O. The molecule has 2 rings (SSSR count). The topological polar surface area (TPSA) is 20.2 Å². The molecule has 0 saturated carbocycles. The van der Waals surface area contributed by atoms with E-state index in [4.69, 9.17) is 6.42 Å². The van der Waals surface area contributed by atoms with E-state index in [-0.39, 0.29) is 5.75 Å². The summed E-state index contributed by atoms with van der Waals surface area (Å²) in [6.45, 7) is 9.95. The SMILES string of the molecule is C#Cc1cccc2cc(O)cc(C)c12.CC.CC. The van der Waals surface area contributed by atoms with E-state index in [2.05, 4.69) is 5.92 Å². The van der Waals surface area contributed by atoms with Gasteiger partial charge < -0.3 is 5.11 Å². The fourth-order valence-corrected chi connectivity index (χ4v) is 1.75. The lowest BCUT2D eigenvalue weighted by molar-refractivity contribution is 0.476. The first-order chi connectivity index (χ1) is 8.72. The molecule has 0 aliphatic rings. The number of benzene rings is 2. The summed E-state index contributed by atoms with van der Waals surface area (Å²) in [5, 5.41) is 11.5. The van der Waals surface area contributed by atoms with Crippen molar-refractivity contribution in [3.05, 3.63) is 41.5 Å². The molecule has 0 heterocycles. The molecule has 0 aromatic heterocycles. The largest absolute Gasteiger partial charge is 0.508 e. The fraction of sp³-hybridized carbons (Fsp3) is 0.294. The van der Waals surface area contributed by atoms with E-state index in [1.165, 1.54) is 0 Å². The van der Waals surface area contributed by atoms with Crippen molar-refractivity contribution in [2.75, 3.05) is 0 Å². The molecule has 0 radical (unpaired) electrons. The second-order valence-corrected chi connectivity index (χ2v) is 3.31. The van der Waals surface area contributed by atoms with Crippen LogP contribution in [-0.2, 0) is 0 Å². The van der Waals surface area contributed by atoms with Crippen LogP contribution in [0.3, 0.4) is 0 Å². The van der Waals surface area contributed by atoms with Gasteiger partial charge in [-0.15, -0.1) is 6.42 Å². The molecule has 1 nitrogen and oxygen atoms in total. The van der Waals surface area contributed by atoms with E-state index in [0.717, 1.165) is 21.9 Å². The maximum absolute atomic E-state index is 9.42. The molecule has 1 heteroatoms. The number of phenols is 1. The van der Waals surface area contributed by atoms with E-state index in [0.29, 0.717) is 0 Å². The van der Waals surface area contributed by atoms with Gasteiger partial charge in [0.2, 0.25) is 0 Å². The van der Waals surface area contributed by atoms with Crippen LogP contribution in [0.25, 0.3) is 10.8 Å². The number of hydrogen-bond acceptors (Lipinski definition) is 1. The molecule has 0 aliphatic carbocycles. The summed E-state index contributed by atoms with van der Waals surface area (Å²) in [7, 11) is 0. The quantitative estimate of drug-likeness (QED) is 0.652. The smallest absolute Gasteiger partial charge is 0.116 e. The van der Waals surface area contributed by atoms with E-state index in [1.54, 1.807) is 12.1 Å². The predicted molar refractivity (Wildman–Crippen MR) is 81.0 cm³/mol. The Morgan fingerprint density at radius 1 is 1.06 bits per heavy atom. The van der Waals surface area contributed by atoms with Crippen molar-refractivity contribution in [3.63, 3.8) is 0 Å². The van der Waals surface area contributed by atoms with E-state index < -0.39 is 0 Å². The number of terminal acetylenes is 1. The van der Waals surface area contributed by atoms with Gasteiger partial charge in [0.1, 0.15) is 5.75 Å². The summed E-state index contributed by atoms with van der Waals surface area (Å²) in [4.78, 5) is 0. The average molecular weight is 242 g/mol. The second-order valence-electron chi connectivity index (χ2n) is 3.31. The molecule has 2 aromatic carbocycles. The van der Waals surface area contributed by atoms with Crippen molar-refractivity contribution in [2.45, 2.75) is 34.6 Å². The number of rotatable bonds is 0. The maximum Gasteiger partial charge on any atom is 0.116 e. The van der Waals surface area contributed by atoms with Crippen LogP contribution in [0.15, 0.2) is 30.3 Å². The van der Waals surface area contributed by atoms with Crippen molar-refractivity contribution in [2.24, 2.45) is 0 Å². The summed E-state index contributed by atoms with van der Waals surface area (Å²) in [5.74, 6) is 2.93. The highest BCUT2D eigenvalue weighted by Crippen LogP contribution is 2.26. The molecule has 0 aliphatic heterocycles. The Kier molecular flexibility index (Phi) is 7.31. The molecule has 0 fully saturated rings. The molecule has 0 amide bonds. The summed E-state index contributed by atoms with van der Waals surface area (Å²) >= 11 is 0. The first-order valence-corrected chi connectivity index (χ1v) is 6.41. The third kappa shape index (κ3) is 3.53. The third-order valence-electron chi connectivity index (χ3n) is 2.31. The summed E-state index contributed by atoms with van der Waals surface area (Å²) < 4.78 is 0. The van der Waals surface area contributed by atoms with Gasteiger partial charge >= 0.3 is 0 Å². The zero-order chi connectivity index (χ0) is 14.1. The zero-order valence-electron chi connectivity index (χ0n) is 11.9. The Morgan fingerprint density at radius 3 is 2.22 bits per heavy atom. The summed E-state index contributed by atoms with van der Waals surface area (Å²) in [6, 6.07) is 9.21. The molecular weight excluding hydrogens is 220 g/mol. The van der Waals surface area contributed by atoms with Crippen LogP contribution < -0.4 is 0 Å². The highest BCUT2D eigenvalue weighted by atomic mass is 16.3. The van der Waals surface area contributed by atoms with Crippen LogP contribution in [0.5, 0.6) is 5.75 Å². The molecule has 96 valence electrons. The van der Waals surface area contributed by atoms with Gasteiger partial charge in [0.05, 0.1) is 0 Å². The van der Waals surface area contributed by atoms with Gasteiger partial charge in [0, 0.05) is 10.9 Å². The number of hydrogen-bond donors (Lipinski definition) is 1. The monoisotopic (exact) mass is 242 g/mol. The van der Waals surface area contributed by atoms with E-state index in [9.17, 15) is 5.11 Å². The van der Waals surface area contributed by atoms with Gasteiger partial charge in [-0.25, -0.2) is 0 Å². The van der Waals surface area contributed by atoms with Gasteiger partial charge in [-0.1, -0.05) is 45.7 Å². The Morgan fingerprint density at radius 2 is 1.67 bits per heavy atom.